The SMILES string of the molecule is COc1ccc(OCC(=O)N2CCC(C)(c3nccs3)CC2)cc1. The molecule has 1 aromatic heterocycles. The molecule has 1 aromatic carbocycles. The third-order valence-electron chi connectivity index (χ3n) is 4.59. The van der Waals surface area contributed by atoms with Crippen LogP contribution < -0.4 is 9.47 Å². The van der Waals surface area contributed by atoms with Crippen LogP contribution in [-0.2, 0) is 10.2 Å². The van der Waals surface area contributed by atoms with Gasteiger partial charge in [-0.3, -0.25) is 4.79 Å². The number of benzene rings is 1. The first-order valence-corrected chi connectivity index (χ1v) is 8.93. The highest BCUT2D eigenvalue weighted by Crippen LogP contribution is 2.36. The average molecular weight is 346 g/mol. The van der Waals surface area contributed by atoms with Gasteiger partial charge in [0.15, 0.2) is 6.61 Å². The second-order valence-corrected chi connectivity index (χ2v) is 7.14. The molecule has 0 unspecified atom stereocenters. The second-order valence-electron chi connectivity index (χ2n) is 6.24. The van der Waals surface area contributed by atoms with Gasteiger partial charge in [0.05, 0.1) is 12.1 Å². The molecule has 6 heteroatoms. The number of carbonyl (C=O) groups excluding carboxylic acids is 1. The lowest BCUT2D eigenvalue weighted by atomic mass is 9.81. The minimum absolute atomic E-state index is 0.0343. The van der Waals surface area contributed by atoms with Crippen molar-refractivity contribution in [3.63, 3.8) is 0 Å². The quantitative estimate of drug-likeness (QED) is 0.835. The summed E-state index contributed by atoms with van der Waals surface area (Å²) in [5, 5.41) is 3.19. The van der Waals surface area contributed by atoms with Gasteiger partial charge < -0.3 is 14.4 Å². The zero-order valence-electron chi connectivity index (χ0n) is 14.0. The highest BCUT2D eigenvalue weighted by molar-refractivity contribution is 7.09. The lowest BCUT2D eigenvalue weighted by Crippen LogP contribution is -2.45. The van der Waals surface area contributed by atoms with E-state index < -0.39 is 0 Å². The van der Waals surface area contributed by atoms with Crippen LogP contribution in [0.25, 0.3) is 0 Å². The van der Waals surface area contributed by atoms with Gasteiger partial charge in [-0.05, 0) is 37.1 Å². The molecule has 0 bridgehead atoms. The summed E-state index contributed by atoms with van der Waals surface area (Å²) in [6.45, 7) is 3.81. The molecular weight excluding hydrogens is 324 g/mol. The molecule has 2 heterocycles. The van der Waals surface area contributed by atoms with Crippen LogP contribution in [0.1, 0.15) is 24.8 Å². The van der Waals surface area contributed by atoms with Crippen molar-refractivity contribution >= 4 is 17.2 Å². The molecule has 1 fully saturated rings. The van der Waals surface area contributed by atoms with Gasteiger partial charge >= 0.3 is 0 Å². The van der Waals surface area contributed by atoms with Crippen molar-refractivity contribution in [1.82, 2.24) is 9.88 Å². The van der Waals surface area contributed by atoms with Gasteiger partial charge in [0, 0.05) is 30.1 Å². The molecule has 1 aliphatic heterocycles. The molecule has 0 atom stereocenters. The van der Waals surface area contributed by atoms with Crippen molar-refractivity contribution in [2.45, 2.75) is 25.2 Å². The first kappa shape index (κ1) is 16.8. The number of nitrogens with zero attached hydrogens (tertiary/aromatic N) is 2. The third kappa shape index (κ3) is 3.70. The summed E-state index contributed by atoms with van der Waals surface area (Å²) >= 11 is 1.70. The van der Waals surface area contributed by atoms with E-state index in [0.29, 0.717) is 5.75 Å². The van der Waals surface area contributed by atoms with E-state index in [9.17, 15) is 4.79 Å². The number of methoxy groups -OCH3 is 1. The van der Waals surface area contributed by atoms with E-state index in [0.717, 1.165) is 31.7 Å². The number of aromatic nitrogens is 1. The fourth-order valence-corrected chi connectivity index (χ4v) is 3.75. The number of hydrogen-bond acceptors (Lipinski definition) is 5. The number of thiazole rings is 1. The van der Waals surface area contributed by atoms with Crippen molar-refractivity contribution in [2.75, 3.05) is 26.8 Å². The molecule has 2 aromatic rings. The molecule has 0 radical (unpaired) electrons. The number of amides is 1. The minimum Gasteiger partial charge on any atom is -0.497 e. The van der Waals surface area contributed by atoms with E-state index in [-0.39, 0.29) is 17.9 Å². The number of piperidine rings is 1. The number of rotatable bonds is 5. The lowest BCUT2D eigenvalue weighted by molar-refractivity contribution is -0.134. The zero-order valence-corrected chi connectivity index (χ0v) is 14.8. The molecule has 1 saturated heterocycles. The Balaban J connectivity index is 1.50. The van der Waals surface area contributed by atoms with Gasteiger partial charge in [0.25, 0.3) is 5.91 Å². The van der Waals surface area contributed by atoms with E-state index in [1.165, 1.54) is 5.01 Å². The topological polar surface area (TPSA) is 51.7 Å². The van der Waals surface area contributed by atoms with E-state index in [4.69, 9.17) is 9.47 Å². The standard InChI is InChI=1S/C18H22N2O3S/c1-18(17-19-9-12-24-17)7-10-20(11-8-18)16(21)13-23-15-5-3-14(22-2)4-6-15/h3-6,9,12H,7-8,10-11,13H2,1-2H3. The lowest BCUT2D eigenvalue weighted by Gasteiger charge is -2.38. The Kier molecular flexibility index (Phi) is 5.04. The Bertz CT molecular complexity index is 662. The highest BCUT2D eigenvalue weighted by atomic mass is 32.1. The van der Waals surface area contributed by atoms with Crippen molar-refractivity contribution in [3.05, 3.63) is 40.8 Å². The van der Waals surface area contributed by atoms with E-state index >= 15 is 0 Å². The van der Waals surface area contributed by atoms with Gasteiger partial charge in [0.2, 0.25) is 0 Å². The molecule has 1 aliphatic rings. The van der Waals surface area contributed by atoms with Crippen LogP contribution in [0.15, 0.2) is 35.8 Å². The zero-order chi connectivity index (χ0) is 17.0. The Morgan fingerprint density at radius 1 is 1.25 bits per heavy atom. The summed E-state index contributed by atoms with van der Waals surface area (Å²) in [7, 11) is 1.62. The van der Waals surface area contributed by atoms with Gasteiger partial charge in [-0.1, -0.05) is 6.92 Å². The van der Waals surface area contributed by atoms with Crippen molar-refractivity contribution < 1.29 is 14.3 Å². The van der Waals surface area contributed by atoms with Crippen LogP contribution in [0.3, 0.4) is 0 Å². The number of ether oxygens (including phenoxy) is 2. The monoisotopic (exact) mass is 346 g/mol. The molecule has 0 aliphatic carbocycles. The van der Waals surface area contributed by atoms with Crippen molar-refractivity contribution in [3.8, 4) is 11.5 Å². The molecule has 3 rings (SSSR count). The molecule has 0 N–H and O–H groups in total. The molecule has 128 valence electrons. The van der Waals surface area contributed by atoms with Gasteiger partial charge in [-0.25, -0.2) is 4.98 Å². The summed E-state index contributed by atoms with van der Waals surface area (Å²) in [5.41, 5.74) is 0.0851. The van der Waals surface area contributed by atoms with E-state index in [1.807, 2.05) is 40.7 Å². The molecule has 0 saturated carbocycles. The normalized spacial score (nSPS) is 16.7. The van der Waals surface area contributed by atoms with Crippen LogP contribution >= 0.6 is 11.3 Å². The highest BCUT2D eigenvalue weighted by Gasteiger charge is 2.35. The first-order valence-electron chi connectivity index (χ1n) is 8.05. The minimum atomic E-state index is 0.0343. The number of carbonyl (C=O) groups is 1. The molecule has 5 nitrogen and oxygen atoms in total. The maximum absolute atomic E-state index is 12.4. The third-order valence-corrected chi connectivity index (χ3v) is 5.67. The number of likely N-dealkylation sites (tertiary alicyclic amines) is 1. The average Bonchev–Trinajstić information content (AvgIpc) is 3.16. The van der Waals surface area contributed by atoms with Crippen LogP contribution in [0.2, 0.25) is 0 Å². The summed E-state index contributed by atoms with van der Waals surface area (Å²) in [6.07, 6.45) is 3.73. The summed E-state index contributed by atoms with van der Waals surface area (Å²) < 4.78 is 10.7. The van der Waals surface area contributed by atoms with Gasteiger partial charge in [0.1, 0.15) is 11.5 Å². The molecular formula is C18H22N2O3S. The fraction of sp³-hybridized carbons (Fsp3) is 0.444. The van der Waals surface area contributed by atoms with Crippen LogP contribution in [-0.4, -0.2) is 42.6 Å². The Morgan fingerprint density at radius 3 is 2.50 bits per heavy atom. The van der Waals surface area contributed by atoms with Crippen LogP contribution in [0, 0.1) is 0 Å². The van der Waals surface area contributed by atoms with Gasteiger partial charge in [-0.15, -0.1) is 11.3 Å². The Labute approximate surface area is 146 Å². The Hall–Kier alpha value is -2.08. The molecule has 1 amide bonds. The smallest absolute Gasteiger partial charge is 0.260 e. The first-order chi connectivity index (χ1) is 11.6. The summed E-state index contributed by atoms with van der Waals surface area (Å²) in [6, 6.07) is 7.25. The van der Waals surface area contributed by atoms with Gasteiger partial charge in [-0.2, -0.15) is 0 Å². The Morgan fingerprint density at radius 2 is 1.92 bits per heavy atom. The summed E-state index contributed by atoms with van der Waals surface area (Å²) in [5.74, 6) is 1.48. The van der Waals surface area contributed by atoms with Crippen LogP contribution in [0.5, 0.6) is 11.5 Å². The van der Waals surface area contributed by atoms with E-state index in [2.05, 4.69) is 11.9 Å². The predicted octanol–water partition coefficient (Wildman–Crippen LogP) is 3.11. The maximum atomic E-state index is 12.4. The largest absolute Gasteiger partial charge is 0.497 e. The van der Waals surface area contributed by atoms with Crippen LogP contribution in [0.4, 0.5) is 0 Å². The van der Waals surface area contributed by atoms with Crippen molar-refractivity contribution in [2.24, 2.45) is 0 Å². The van der Waals surface area contributed by atoms with Crippen molar-refractivity contribution in [1.29, 1.82) is 0 Å². The molecule has 24 heavy (non-hydrogen) atoms. The second kappa shape index (κ2) is 7.21. The maximum Gasteiger partial charge on any atom is 0.260 e. The number of hydrogen-bond donors (Lipinski definition) is 0. The fourth-order valence-electron chi connectivity index (χ4n) is 2.89. The van der Waals surface area contributed by atoms with E-state index in [1.54, 1.807) is 18.4 Å². The molecule has 0 spiro atoms. The predicted molar refractivity (Wildman–Crippen MR) is 93.8 cm³/mol. The summed E-state index contributed by atoms with van der Waals surface area (Å²) in [4.78, 5) is 18.7.